The summed E-state index contributed by atoms with van der Waals surface area (Å²) in [5, 5.41) is 15.0. The average Bonchev–Trinajstić information content (AvgIpc) is 3.28. The number of carbonyl (C=O) groups is 2. The van der Waals surface area contributed by atoms with Crippen molar-refractivity contribution >= 4 is 39.8 Å². The van der Waals surface area contributed by atoms with Crippen molar-refractivity contribution in [3.63, 3.8) is 0 Å². The van der Waals surface area contributed by atoms with Gasteiger partial charge in [0.05, 0.1) is 20.3 Å². The molecule has 1 atom stereocenters. The number of nitrogens with zero attached hydrogens (tertiary/aromatic N) is 1. The third-order valence-corrected chi connectivity index (χ3v) is 5.88. The number of halogens is 1. The van der Waals surface area contributed by atoms with Crippen LogP contribution in [0.1, 0.15) is 23.2 Å². The normalized spacial score (nSPS) is 17.1. The number of esters is 1. The Morgan fingerprint density at radius 1 is 1.37 bits per heavy atom. The van der Waals surface area contributed by atoms with Crippen LogP contribution in [0.5, 0.6) is 0 Å². The monoisotopic (exact) mass is 408 g/mol. The van der Waals surface area contributed by atoms with Crippen molar-refractivity contribution in [1.29, 1.82) is 0 Å². The van der Waals surface area contributed by atoms with E-state index in [1.54, 1.807) is 11.4 Å². The average molecular weight is 409 g/mol. The standard InChI is InChI=1S/C19H21ClN2O4S/c1-26-19(25)17-14(13-6-2-3-7-15(13)20)11-27-18(17)21-16(24)9-22-8-4-5-12(22)10-23/h2-3,6-7,11-12,23H,4-5,8-10H2,1H3,(H,21,24)/t12-/m0/s1. The van der Waals surface area contributed by atoms with Gasteiger partial charge in [0, 0.05) is 27.6 Å². The van der Waals surface area contributed by atoms with E-state index in [4.69, 9.17) is 16.3 Å². The Balaban J connectivity index is 1.84. The van der Waals surface area contributed by atoms with Crippen molar-refractivity contribution in [3.8, 4) is 11.1 Å². The molecular weight excluding hydrogens is 388 g/mol. The Kier molecular flexibility index (Phi) is 6.49. The molecule has 0 aliphatic carbocycles. The van der Waals surface area contributed by atoms with Crippen molar-refractivity contribution in [3.05, 3.63) is 40.2 Å². The van der Waals surface area contributed by atoms with Gasteiger partial charge in [-0.05, 0) is 25.5 Å². The summed E-state index contributed by atoms with van der Waals surface area (Å²) in [6, 6.07) is 7.22. The van der Waals surface area contributed by atoms with E-state index in [9.17, 15) is 14.7 Å². The first-order valence-corrected chi connectivity index (χ1v) is 9.90. The first kappa shape index (κ1) is 19.8. The summed E-state index contributed by atoms with van der Waals surface area (Å²) >= 11 is 7.53. The first-order valence-electron chi connectivity index (χ1n) is 8.64. The summed E-state index contributed by atoms with van der Waals surface area (Å²) < 4.78 is 4.92. The van der Waals surface area contributed by atoms with Crippen LogP contribution < -0.4 is 5.32 Å². The molecule has 1 aliphatic rings. The highest BCUT2D eigenvalue weighted by Gasteiger charge is 2.27. The molecule has 2 heterocycles. The van der Waals surface area contributed by atoms with Crippen LogP contribution >= 0.6 is 22.9 Å². The van der Waals surface area contributed by atoms with Gasteiger partial charge in [-0.25, -0.2) is 4.79 Å². The number of aliphatic hydroxyl groups is 1. The van der Waals surface area contributed by atoms with Gasteiger partial charge in [0.2, 0.25) is 5.91 Å². The zero-order valence-electron chi connectivity index (χ0n) is 14.9. The predicted octanol–water partition coefficient (Wildman–Crippen LogP) is 3.25. The fraction of sp³-hybridized carbons (Fsp3) is 0.368. The summed E-state index contributed by atoms with van der Waals surface area (Å²) in [7, 11) is 1.30. The van der Waals surface area contributed by atoms with Crippen LogP contribution in [0.15, 0.2) is 29.6 Å². The molecule has 0 unspecified atom stereocenters. The van der Waals surface area contributed by atoms with E-state index in [-0.39, 0.29) is 25.1 Å². The Morgan fingerprint density at radius 3 is 2.85 bits per heavy atom. The highest BCUT2D eigenvalue weighted by molar-refractivity contribution is 7.15. The maximum Gasteiger partial charge on any atom is 0.341 e. The van der Waals surface area contributed by atoms with E-state index in [1.807, 2.05) is 23.1 Å². The van der Waals surface area contributed by atoms with Crippen molar-refractivity contribution in [2.24, 2.45) is 0 Å². The number of anilines is 1. The minimum Gasteiger partial charge on any atom is -0.465 e. The second kappa shape index (κ2) is 8.84. The third kappa shape index (κ3) is 4.32. The molecule has 0 saturated carbocycles. The minimum absolute atomic E-state index is 0.0119. The van der Waals surface area contributed by atoms with Crippen LogP contribution in [0.2, 0.25) is 5.02 Å². The van der Waals surface area contributed by atoms with Gasteiger partial charge in [0.25, 0.3) is 0 Å². The highest BCUT2D eigenvalue weighted by atomic mass is 35.5. The number of likely N-dealkylation sites (tertiary alicyclic amines) is 1. The fourth-order valence-electron chi connectivity index (χ4n) is 3.29. The number of benzene rings is 1. The largest absolute Gasteiger partial charge is 0.465 e. The number of thiophene rings is 1. The van der Waals surface area contributed by atoms with Crippen molar-refractivity contribution in [2.75, 3.05) is 32.1 Å². The molecule has 1 amide bonds. The number of nitrogens with one attached hydrogen (secondary N) is 1. The zero-order chi connectivity index (χ0) is 19.4. The number of aliphatic hydroxyl groups excluding tert-OH is 1. The van der Waals surface area contributed by atoms with E-state index in [1.165, 1.54) is 18.4 Å². The molecule has 2 N–H and O–H groups in total. The highest BCUT2D eigenvalue weighted by Crippen LogP contribution is 2.39. The molecule has 144 valence electrons. The third-order valence-electron chi connectivity index (χ3n) is 4.65. The van der Waals surface area contributed by atoms with E-state index in [2.05, 4.69) is 5.32 Å². The van der Waals surface area contributed by atoms with Gasteiger partial charge in [0.15, 0.2) is 0 Å². The van der Waals surface area contributed by atoms with Gasteiger partial charge in [-0.3, -0.25) is 9.69 Å². The fourth-order valence-corrected chi connectivity index (χ4v) is 4.50. The Hall–Kier alpha value is -1.93. The molecular formula is C19H21ClN2O4S. The van der Waals surface area contributed by atoms with Crippen molar-refractivity contribution in [2.45, 2.75) is 18.9 Å². The summed E-state index contributed by atoms with van der Waals surface area (Å²) in [5.74, 6) is -0.760. The molecule has 1 aliphatic heterocycles. The van der Waals surface area contributed by atoms with Gasteiger partial charge in [0.1, 0.15) is 10.6 Å². The molecule has 8 heteroatoms. The molecule has 0 spiro atoms. The second-order valence-electron chi connectivity index (χ2n) is 6.32. The van der Waals surface area contributed by atoms with Crippen LogP contribution in [-0.2, 0) is 9.53 Å². The molecule has 0 bridgehead atoms. The lowest BCUT2D eigenvalue weighted by Crippen LogP contribution is -2.38. The number of carbonyl (C=O) groups excluding carboxylic acids is 2. The number of ether oxygens (including phenoxy) is 1. The SMILES string of the molecule is COC(=O)c1c(-c2ccccc2Cl)csc1NC(=O)CN1CCC[C@H]1CO. The molecule has 3 rings (SSSR count). The van der Waals surface area contributed by atoms with Crippen molar-refractivity contribution < 1.29 is 19.4 Å². The van der Waals surface area contributed by atoms with Gasteiger partial charge >= 0.3 is 5.97 Å². The topological polar surface area (TPSA) is 78.9 Å². The lowest BCUT2D eigenvalue weighted by molar-refractivity contribution is -0.117. The van der Waals surface area contributed by atoms with Crippen LogP contribution in [0.4, 0.5) is 5.00 Å². The minimum atomic E-state index is -0.532. The van der Waals surface area contributed by atoms with Crippen LogP contribution in [-0.4, -0.2) is 54.7 Å². The number of methoxy groups -OCH3 is 1. The number of rotatable bonds is 6. The molecule has 27 heavy (non-hydrogen) atoms. The maximum absolute atomic E-state index is 12.5. The van der Waals surface area contributed by atoms with Gasteiger partial charge in [-0.2, -0.15) is 0 Å². The lowest BCUT2D eigenvalue weighted by Gasteiger charge is -2.21. The van der Waals surface area contributed by atoms with Gasteiger partial charge < -0.3 is 15.2 Å². The number of hydrogen-bond acceptors (Lipinski definition) is 6. The molecule has 1 aromatic heterocycles. The first-order chi connectivity index (χ1) is 13.0. The van der Waals surface area contributed by atoms with E-state index >= 15 is 0 Å². The summed E-state index contributed by atoms with van der Waals surface area (Å²) in [5.41, 5.74) is 1.63. The van der Waals surface area contributed by atoms with Crippen LogP contribution in [0, 0.1) is 0 Å². The zero-order valence-corrected chi connectivity index (χ0v) is 16.5. The quantitative estimate of drug-likeness (QED) is 0.717. The Morgan fingerprint density at radius 2 is 2.15 bits per heavy atom. The van der Waals surface area contributed by atoms with E-state index < -0.39 is 5.97 Å². The van der Waals surface area contributed by atoms with Crippen LogP contribution in [0.25, 0.3) is 11.1 Å². The van der Waals surface area contributed by atoms with Gasteiger partial charge in [-0.1, -0.05) is 29.8 Å². The molecule has 6 nitrogen and oxygen atoms in total. The summed E-state index contributed by atoms with van der Waals surface area (Å²) in [4.78, 5) is 26.8. The second-order valence-corrected chi connectivity index (χ2v) is 7.61. The summed E-state index contributed by atoms with van der Waals surface area (Å²) in [6.07, 6.45) is 1.84. The molecule has 1 aromatic carbocycles. The number of hydrogen-bond donors (Lipinski definition) is 2. The lowest BCUT2D eigenvalue weighted by atomic mass is 10.0. The molecule has 1 fully saturated rings. The smallest absolute Gasteiger partial charge is 0.341 e. The molecule has 0 radical (unpaired) electrons. The van der Waals surface area contributed by atoms with Gasteiger partial charge in [-0.15, -0.1) is 11.3 Å². The Bertz CT molecular complexity index is 839. The van der Waals surface area contributed by atoms with E-state index in [0.717, 1.165) is 19.4 Å². The predicted molar refractivity (Wildman–Crippen MR) is 106 cm³/mol. The van der Waals surface area contributed by atoms with E-state index in [0.29, 0.717) is 26.7 Å². The summed E-state index contributed by atoms with van der Waals surface area (Å²) in [6.45, 7) is 0.985. The molecule has 2 aromatic rings. The van der Waals surface area contributed by atoms with Crippen molar-refractivity contribution in [1.82, 2.24) is 4.90 Å². The maximum atomic E-state index is 12.5. The Labute approximate surface area is 166 Å². The number of amides is 1. The molecule has 1 saturated heterocycles. The van der Waals surface area contributed by atoms with Crippen LogP contribution in [0.3, 0.4) is 0 Å².